The Morgan fingerprint density at radius 3 is 2.74 bits per heavy atom. The van der Waals surface area contributed by atoms with Gasteiger partial charge < -0.3 is 9.84 Å². The lowest BCUT2D eigenvalue weighted by molar-refractivity contribution is 0.253. The van der Waals surface area contributed by atoms with Crippen LogP contribution in [0.1, 0.15) is 17.0 Å². The highest BCUT2D eigenvalue weighted by atomic mass is 35.5. The molecule has 0 atom stereocenters. The Labute approximate surface area is 121 Å². The van der Waals surface area contributed by atoms with Crippen LogP contribution in [0.15, 0.2) is 30.3 Å². The number of aliphatic hydroxyl groups is 1. The summed E-state index contributed by atoms with van der Waals surface area (Å²) < 4.78 is 5.64. The van der Waals surface area contributed by atoms with E-state index in [0.29, 0.717) is 21.5 Å². The average molecular weight is 298 g/mol. The van der Waals surface area contributed by atoms with Crippen LogP contribution in [0.2, 0.25) is 10.0 Å². The second kappa shape index (κ2) is 6.24. The number of hydrogen-bond acceptors (Lipinski definition) is 3. The number of halogens is 2. The smallest absolute Gasteiger partial charge is 0.143 e. The lowest BCUT2D eigenvalue weighted by Crippen LogP contribution is -2.02. The van der Waals surface area contributed by atoms with Crippen molar-refractivity contribution < 1.29 is 9.84 Å². The molecule has 0 amide bonds. The van der Waals surface area contributed by atoms with Crippen LogP contribution in [0.5, 0.6) is 5.75 Å². The van der Waals surface area contributed by atoms with Gasteiger partial charge in [-0.15, -0.1) is 0 Å². The maximum absolute atomic E-state index is 9.25. The largest absolute Gasteiger partial charge is 0.487 e. The molecule has 2 aromatic rings. The Hall–Kier alpha value is -1.29. The van der Waals surface area contributed by atoms with Gasteiger partial charge in [-0.2, -0.15) is 0 Å². The third kappa shape index (κ3) is 3.38. The minimum Gasteiger partial charge on any atom is -0.487 e. The first-order valence-corrected chi connectivity index (χ1v) is 6.50. The maximum Gasteiger partial charge on any atom is 0.143 e. The summed E-state index contributed by atoms with van der Waals surface area (Å²) in [5, 5.41) is 10.2. The Morgan fingerprint density at radius 2 is 2.00 bits per heavy atom. The lowest BCUT2D eigenvalue weighted by atomic mass is 10.2. The fourth-order valence-corrected chi connectivity index (χ4v) is 2.03. The van der Waals surface area contributed by atoms with Gasteiger partial charge in [0.2, 0.25) is 0 Å². The molecule has 2 rings (SSSR count). The van der Waals surface area contributed by atoms with E-state index in [4.69, 9.17) is 27.9 Å². The Bertz CT molecular complexity index is 588. The molecule has 0 saturated heterocycles. The van der Waals surface area contributed by atoms with E-state index in [2.05, 4.69) is 4.98 Å². The van der Waals surface area contributed by atoms with Crippen LogP contribution in [0, 0.1) is 6.92 Å². The number of aryl methyl sites for hydroxylation is 1. The maximum atomic E-state index is 9.25. The zero-order valence-electron chi connectivity index (χ0n) is 10.4. The summed E-state index contributed by atoms with van der Waals surface area (Å²) in [6.07, 6.45) is 0. The third-order valence-electron chi connectivity index (χ3n) is 2.64. The summed E-state index contributed by atoms with van der Waals surface area (Å²) >= 11 is 12.0. The first-order chi connectivity index (χ1) is 9.11. The van der Waals surface area contributed by atoms with Crippen molar-refractivity contribution in [2.45, 2.75) is 20.1 Å². The molecule has 1 aromatic carbocycles. The highest BCUT2D eigenvalue weighted by Crippen LogP contribution is 2.27. The molecule has 19 heavy (non-hydrogen) atoms. The van der Waals surface area contributed by atoms with E-state index in [1.165, 1.54) is 0 Å². The van der Waals surface area contributed by atoms with E-state index < -0.39 is 0 Å². The van der Waals surface area contributed by atoms with Crippen LogP contribution in [0.25, 0.3) is 0 Å². The molecule has 0 radical (unpaired) electrons. The molecule has 0 fully saturated rings. The summed E-state index contributed by atoms with van der Waals surface area (Å²) in [6.45, 7) is 1.97. The van der Waals surface area contributed by atoms with Gasteiger partial charge in [-0.05, 0) is 25.1 Å². The van der Waals surface area contributed by atoms with E-state index in [0.717, 1.165) is 11.3 Å². The summed E-state index contributed by atoms with van der Waals surface area (Å²) in [7, 11) is 0. The summed E-state index contributed by atoms with van der Waals surface area (Å²) in [6, 6.07) is 8.99. The van der Waals surface area contributed by atoms with E-state index in [-0.39, 0.29) is 13.2 Å². The third-order valence-corrected chi connectivity index (χ3v) is 3.49. The monoisotopic (exact) mass is 297 g/mol. The van der Waals surface area contributed by atoms with Gasteiger partial charge in [-0.25, -0.2) is 0 Å². The molecule has 0 saturated carbocycles. The number of pyridine rings is 1. The van der Waals surface area contributed by atoms with Crippen molar-refractivity contribution in [3.63, 3.8) is 0 Å². The van der Waals surface area contributed by atoms with Crippen molar-refractivity contribution >= 4 is 23.2 Å². The minimum absolute atomic E-state index is 0.166. The van der Waals surface area contributed by atoms with E-state index in [9.17, 15) is 5.11 Å². The molecule has 0 spiro atoms. The predicted octanol–water partition coefficient (Wildman–Crippen LogP) is 3.77. The van der Waals surface area contributed by atoms with Crippen LogP contribution >= 0.6 is 23.2 Å². The minimum atomic E-state index is -0.166. The van der Waals surface area contributed by atoms with Gasteiger partial charge in [0.15, 0.2) is 0 Å². The number of ether oxygens (including phenoxy) is 1. The van der Waals surface area contributed by atoms with E-state index >= 15 is 0 Å². The second-order valence-corrected chi connectivity index (χ2v) is 4.84. The lowest BCUT2D eigenvalue weighted by Gasteiger charge is -2.11. The van der Waals surface area contributed by atoms with Gasteiger partial charge in [0.25, 0.3) is 0 Å². The fourth-order valence-electron chi connectivity index (χ4n) is 1.66. The predicted molar refractivity (Wildman–Crippen MR) is 75.7 cm³/mol. The topological polar surface area (TPSA) is 42.4 Å². The van der Waals surface area contributed by atoms with Crippen molar-refractivity contribution in [1.82, 2.24) is 4.98 Å². The standard InChI is InChI=1S/C14H13Cl2NO2/c1-9-5-6-13(12(7-18)17-9)19-8-10-3-2-4-11(15)14(10)16/h2-6,18H,7-8H2,1H3. The zero-order chi connectivity index (χ0) is 13.8. The van der Waals surface area contributed by atoms with Crippen molar-refractivity contribution in [3.05, 3.63) is 57.3 Å². The van der Waals surface area contributed by atoms with Gasteiger partial charge in [-0.3, -0.25) is 4.98 Å². The fraction of sp³-hybridized carbons (Fsp3) is 0.214. The Kier molecular flexibility index (Phi) is 4.64. The van der Waals surface area contributed by atoms with Crippen molar-refractivity contribution in [3.8, 4) is 5.75 Å². The SMILES string of the molecule is Cc1ccc(OCc2cccc(Cl)c2Cl)c(CO)n1. The molecule has 1 N–H and O–H groups in total. The normalized spacial score (nSPS) is 10.5. The molecule has 0 aliphatic heterocycles. The molecule has 0 aliphatic carbocycles. The summed E-state index contributed by atoms with van der Waals surface area (Å²) in [5.74, 6) is 0.546. The van der Waals surface area contributed by atoms with Crippen LogP contribution in [0.4, 0.5) is 0 Å². The molecule has 3 nitrogen and oxygen atoms in total. The number of hydrogen-bond donors (Lipinski definition) is 1. The van der Waals surface area contributed by atoms with Crippen LogP contribution < -0.4 is 4.74 Å². The number of aromatic nitrogens is 1. The summed E-state index contributed by atoms with van der Waals surface area (Å²) in [4.78, 5) is 4.21. The molecule has 5 heteroatoms. The molecule has 0 aliphatic rings. The van der Waals surface area contributed by atoms with Crippen LogP contribution in [-0.2, 0) is 13.2 Å². The van der Waals surface area contributed by atoms with Crippen molar-refractivity contribution in [1.29, 1.82) is 0 Å². The van der Waals surface area contributed by atoms with Crippen molar-refractivity contribution in [2.24, 2.45) is 0 Å². The second-order valence-electron chi connectivity index (χ2n) is 4.06. The molecular formula is C14H13Cl2NO2. The van der Waals surface area contributed by atoms with Crippen LogP contribution in [-0.4, -0.2) is 10.1 Å². The molecule has 1 heterocycles. The van der Waals surface area contributed by atoms with Gasteiger partial charge >= 0.3 is 0 Å². The summed E-state index contributed by atoms with van der Waals surface area (Å²) in [5.41, 5.74) is 2.13. The van der Waals surface area contributed by atoms with E-state index in [1.807, 2.05) is 25.1 Å². The molecular weight excluding hydrogens is 285 g/mol. The van der Waals surface area contributed by atoms with E-state index in [1.54, 1.807) is 12.1 Å². The zero-order valence-corrected chi connectivity index (χ0v) is 11.9. The first kappa shape index (κ1) is 14.1. The quantitative estimate of drug-likeness (QED) is 0.934. The number of nitrogens with zero attached hydrogens (tertiary/aromatic N) is 1. The molecule has 0 unspecified atom stereocenters. The Balaban J connectivity index is 2.17. The molecule has 0 bridgehead atoms. The highest BCUT2D eigenvalue weighted by molar-refractivity contribution is 6.42. The van der Waals surface area contributed by atoms with Gasteiger partial charge in [0, 0.05) is 11.3 Å². The number of aliphatic hydroxyl groups excluding tert-OH is 1. The highest BCUT2D eigenvalue weighted by Gasteiger charge is 2.08. The first-order valence-electron chi connectivity index (χ1n) is 5.75. The number of rotatable bonds is 4. The van der Waals surface area contributed by atoms with Crippen molar-refractivity contribution in [2.75, 3.05) is 0 Å². The van der Waals surface area contributed by atoms with Gasteiger partial charge in [0.05, 0.1) is 16.7 Å². The van der Waals surface area contributed by atoms with Gasteiger partial charge in [0.1, 0.15) is 18.1 Å². The molecule has 1 aromatic heterocycles. The molecule has 100 valence electrons. The number of benzene rings is 1. The van der Waals surface area contributed by atoms with Gasteiger partial charge in [-0.1, -0.05) is 35.3 Å². The van der Waals surface area contributed by atoms with Crippen LogP contribution in [0.3, 0.4) is 0 Å². The Morgan fingerprint density at radius 1 is 1.21 bits per heavy atom. The average Bonchev–Trinajstić information content (AvgIpc) is 2.41.